The first-order chi connectivity index (χ1) is 12.6. The maximum absolute atomic E-state index is 12.7. The maximum atomic E-state index is 12.7. The molecule has 2 saturated heterocycles. The van der Waals surface area contributed by atoms with Gasteiger partial charge in [-0.3, -0.25) is 9.69 Å². The highest BCUT2D eigenvalue weighted by Crippen LogP contribution is 2.27. The van der Waals surface area contributed by atoms with E-state index in [1.165, 1.54) is 0 Å². The molecule has 1 aromatic carbocycles. The molecule has 0 radical (unpaired) electrons. The minimum absolute atomic E-state index is 0.0879. The van der Waals surface area contributed by atoms with Gasteiger partial charge in [-0.05, 0) is 36.3 Å². The molecule has 1 aromatic rings. The fourth-order valence-electron chi connectivity index (χ4n) is 4.14. The molecule has 2 heterocycles. The van der Waals surface area contributed by atoms with Crippen LogP contribution in [0.4, 0.5) is 0 Å². The zero-order valence-electron chi connectivity index (χ0n) is 15.8. The molecule has 1 N–H and O–H groups in total. The predicted molar refractivity (Wildman–Crippen MR) is 100 cm³/mol. The van der Waals surface area contributed by atoms with Crippen molar-refractivity contribution in [1.82, 2.24) is 10.2 Å². The van der Waals surface area contributed by atoms with E-state index in [-0.39, 0.29) is 17.9 Å². The number of likely N-dealkylation sites (tertiary alicyclic amines) is 1. The van der Waals surface area contributed by atoms with Crippen molar-refractivity contribution < 1.29 is 9.53 Å². The smallest absolute Gasteiger partial charge is 0.223 e. The summed E-state index contributed by atoms with van der Waals surface area (Å²) in [6.07, 6.45) is 1.65. The predicted octanol–water partition coefficient (Wildman–Crippen LogP) is 2.56. The Morgan fingerprint density at radius 3 is 2.73 bits per heavy atom. The lowest BCUT2D eigenvalue weighted by Gasteiger charge is -2.27. The van der Waals surface area contributed by atoms with Crippen LogP contribution in [0.2, 0.25) is 0 Å². The number of nitrogens with one attached hydrogen (secondary N) is 1. The van der Waals surface area contributed by atoms with Crippen LogP contribution in [0.5, 0.6) is 0 Å². The highest BCUT2D eigenvalue weighted by Gasteiger charge is 2.36. The second-order valence-electron chi connectivity index (χ2n) is 7.87. The van der Waals surface area contributed by atoms with E-state index in [1.807, 2.05) is 24.3 Å². The molecular formula is C21H29N3O2. The Kier molecular flexibility index (Phi) is 6.29. The molecule has 0 spiro atoms. The van der Waals surface area contributed by atoms with Gasteiger partial charge in [0.2, 0.25) is 5.91 Å². The summed E-state index contributed by atoms with van der Waals surface area (Å²) in [4.78, 5) is 15.0. The number of ether oxygens (including phenoxy) is 1. The van der Waals surface area contributed by atoms with Gasteiger partial charge in [-0.1, -0.05) is 32.0 Å². The van der Waals surface area contributed by atoms with Gasteiger partial charge in [0.05, 0.1) is 11.6 Å². The molecule has 0 aromatic heterocycles. The fourth-order valence-corrected chi connectivity index (χ4v) is 4.14. The SMILES string of the molecule is CC(C)[C@@H]1CN(Cc2ccccc2C#N)C[C@H]1NC(=O)C1CCOCC1. The molecule has 1 amide bonds. The highest BCUT2D eigenvalue weighted by molar-refractivity contribution is 5.79. The molecule has 0 bridgehead atoms. The minimum atomic E-state index is 0.0879. The van der Waals surface area contributed by atoms with E-state index in [4.69, 9.17) is 4.74 Å². The summed E-state index contributed by atoms with van der Waals surface area (Å²) >= 11 is 0. The lowest BCUT2D eigenvalue weighted by molar-refractivity contribution is -0.128. The number of hydrogen-bond donors (Lipinski definition) is 1. The van der Waals surface area contributed by atoms with Crippen LogP contribution in [-0.2, 0) is 16.1 Å². The summed E-state index contributed by atoms with van der Waals surface area (Å²) in [7, 11) is 0. The summed E-state index contributed by atoms with van der Waals surface area (Å²) < 4.78 is 5.37. The molecule has 2 fully saturated rings. The van der Waals surface area contributed by atoms with Crippen molar-refractivity contribution in [3.05, 3.63) is 35.4 Å². The number of carbonyl (C=O) groups excluding carboxylic acids is 1. The topological polar surface area (TPSA) is 65.4 Å². The third-order valence-corrected chi connectivity index (χ3v) is 5.75. The number of amides is 1. The minimum Gasteiger partial charge on any atom is -0.381 e. The molecule has 0 saturated carbocycles. The largest absolute Gasteiger partial charge is 0.381 e. The van der Waals surface area contributed by atoms with Gasteiger partial charge in [0, 0.05) is 44.8 Å². The van der Waals surface area contributed by atoms with Crippen molar-refractivity contribution in [2.24, 2.45) is 17.8 Å². The maximum Gasteiger partial charge on any atom is 0.223 e. The zero-order chi connectivity index (χ0) is 18.5. The number of rotatable bonds is 5. The van der Waals surface area contributed by atoms with E-state index >= 15 is 0 Å². The summed E-state index contributed by atoms with van der Waals surface area (Å²) in [6, 6.07) is 10.2. The van der Waals surface area contributed by atoms with Gasteiger partial charge >= 0.3 is 0 Å². The van der Waals surface area contributed by atoms with Crippen LogP contribution in [-0.4, -0.2) is 43.2 Å². The van der Waals surface area contributed by atoms with E-state index in [0.717, 1.165) is 43.6 Å². The Hall–Kier alpha value is -1.90. The van der Waals surface area contributed by atoms with Crippen LogP contribution in [0.15, 0.2) is 24.3 Å². The number of benzene rings is 1. The molecule has 26 heavy (non-hydrogen) atoms. The summed E-state index contributed by atoms with van der Waals surface area (Å²) in [6.45, 7) is 8.39. The number of nitriles is 1. The molecule has 2 aliphatic rings. The van der Waals surface area contributed by atoms with Crippen LogP contribution in [0.25, 0.3) is 0 Å². The summed E-state index contributed by atoms with van der Waals surface area (Å²) in [5, 5.41) is 12.6. The fraction of sp³-hybridized carbons (Fsp3) is 0.619. The van der Waals surface area contributed by atoms with Crippen LogP contribution in [0.1, 0.15) is 37.8 Å². The van der Waals surface area contributed by atoms with Crippen molar-refractivity contribution in [2.75, 3.05) is 26.3 Å². The van der Waals surface area contributed by atoms with E-state index in [2.05, 4.69) is 30.1 Å². The molecule has 0 aliphatic carbocycles. The Balaban J connectivity index is 1.64. The van der Waals surface area contributed by atoms with Gasteiger partial charge in [-0.15, -0.1) is 0 Å². The average Bonchev–Trinajstić information content (AvgIpc) is 3.05. The Labute approximate surface area is 156 Å². The first kappa shape index (κ1) is 18.9. The van der Waals surface area contributed by atoms with Crippen LogP contribution in [0.3, 0.4) is 0 Å². The zero-order valence-corrected chi connectivity index (χ0v) is 15.8. The van der Waals surface area contributed by atoms with Crippen LogP contribution in [0, 0.1) is 29.1 Å². The van der Waals surface area contributed by atoms with Gasteiger partial charge in [-0.25, -0.2) is 0 Å². The Morgan fingerprint density at radius 2 is 2.04 bits per heavy atom. The van der Waals surface area contributed by atoms with Gasteiger partial charge in [0.15, 0.2) is 0 Å². The monoisotopic (exact) mass is 355 g/mol. The Bertz CT molecular complexity index is 661. The van der Waals surface area contributed by atoms with Crippen molar-refractivity contribution in [3.8, 4) is 6.07 Å². The second kappa shape index (κ2) is 8.66. The van der Waals surface area contributed by atoms with Gasteiger partial charge in [0.25, 0.3) is 0 Å². The van der Waals surface area contributed by atoms with E-state index in [9.17, 15) is 10.1 Å². The first-order valence-electron chi connectivity index (χ1n) is 9.67. The van der Waals surface area contributed by atoms with Crippen LogP contribution < -0.4 is 5.32 Å². The molecule has 5 heteroatoms. The van der Waals surface area contributed by atoms with E-state index < -0.39 is 0 Å². The lowest BCUT2D eigenvalue weighted by atomic mass is 9.90. The van der Waals surface area contributed by atoms with E-state index in [1.54, 1.807) is 0 Å². The average molecular weight is 355 g/mol. The van der Waals surface area contributed by atoms with Crippen molar-refractivity contribution in [1.29, 1.82) is 5.26 Å². The number of hydrogen-bond acceptors (Lipinski definition) is 4. The van der Waals surface area contributed by atoms with Crippen molar-refractivity contribution >= 4 is 5.91 Å². The van der Waals surface area contributed by atoms with Gasteiger partial charge in [0.1, 0.15) is 0 Å². The number of nitrogens with zero attached hydrogens (tertiary/aromatic N) is 2. The first-order valence-corrected chi connectivity index (χ1v) is 9.67. The van der Waals surface area contributed by atoms with Gasteiger partial charge in [-0.2, -0.15) is 5.26 Å². The molecule has 0 unspecified atom stereocenters. The second-order valence-corrected chi connectivity index (χ2v) is 7.87. The lowest BCUT2D eigenvalue weighted by Crippen LogP contribution is -2.45. The standard InChI is InChI=1S/C21H29N3O2/c1-15(2)19-13-24(12-18-6-4-3-5-17(18)11-22)14-20(19)23-21(25)16-7-9-26-10-8-16/h3-6,15-16,19-20H,7-10,12-14H2,1-2H3,(H,23,25)/t19-,20+/m0/s1. The highest BCUT2D eigenvalue weighted by atomic mass is 16.5. The molecule has 140 valence electrons. The van der Waals surface area contributed by atoms with Crippen molar-refractivity contribution in [3.63, 3.8) is 0 Å². The van der Waals surface area contributed by atoms with Crippen LogP contribution >= 0.6 is 0 Å². The Morgan fingerprint density at radius 1 is 1.31 bits per heavy atom. The number of carbonyl (C=O) groups is 1. The molecular weight excluding hydrogens is 326 g/mol. The third kappa shape index (κ3) is 4.44. The van der Waals surface area contributed by atoms with E-state index in [0.29, 0.717) is 25.0 Å². The summed E-state index contributed by atoms with van der Waals surface area (Å²) in [5.41, 5.74) is 1.80. The molecule has 3 rings (SSSR count). The molecule has 2 atom stereocenters. The molecule has 2 aliphatic heterocycles. The normalized spacial score (nSPS) is 24.5. The van der Waals surface area contributed by atoms with Gasteiger partial charge < -0.3 is 10.1 Å². The molecule has 5 nitrogen and oxygen atoms in total. The quantitative estimate of drug-likeness (QED) is 0.882. The third-order valence-electron chi connectivity index (χ3n) is 5.75. The van der Waals surface area contributed by atoms with Crippen molar-refractivity contribution in [2.45, 2.75) is 39.3 Å². The summed E-state index contributed by atoms with van der Waals surface area (Å²) in [5.74, 6) is 1.22.